The second kappa shape index (κ2) is 9.57. The summed E-state index contributed by atoms with van der Waals surface area (Å²) in [5.74, 6) is 0.0278. The Bertz CT molecular complexity index is 1110. The molecule has 0 spiro atoms. The molecule has 172 valence electrons. The first-order chi connectivity index (χ1) is 15.9. The van der Waals surface area contributed by atoms with Crippen molar-refractivity contribution in [3.8, 4) is 11.1 Å². The van der Waals surface area contributed by atoms with Crippen molar-refractivity contribution in [2.45, 2.75) is 39.2 Å². The van der Waals surface area contributed by atoms with Crippen LogP contribution in [0.15, 0.2) is 61.2 Å². The first-order valence-electron chi connectivity index (χ1n) is 11.4. The van der Waals surface area contributed by atoms with Crippen LogP contribution in [0.5, 0.6) is 0 Å². The number of nitrogens with one attached hydrogen (secondary N) is 1. The number of nitrogens with zero attached hydrogens (tertiary/aromatic N) is 4. The van der Waals surface area contributed by atoms with E-state index in [0.29, 0.717) is 32.4 Å². The molecule has 0 bridgehead atoms. The summed E-state index contributed by atoms with van der Waals surface area (Å²) < 4.78 is 1.69. The number of likely N-dealkylation sites (tertiary alicyclic amines) is 1. The molecule has 0 saturated carbocycles. The van der Waals surface area contributed by atoms with E-state index < -0.39 is 5.41 Å². The van der Waals surface area contributed by atoms with Crippen molar-refractivity contribution in [2.75, 3.05) is 20.1 Å². The average molecular weight is 446 g/mol. The second-order valence-corrected chi connectivity index (χ2v) is 9.10. The Labute approximate surface area is 194 Å². The van der Waals surface area contributed by atoms with E-state index in [2.05, 4.69) is 64.8 Å². The molecule has 1 saturated heterocycles. The number of benzene rings is 2. The topological polar surface area (TPSA) is 80.1 Å². The van der Waals surface area contributed by atoms with Crippen molar-refractivity contribution in [1.29, 1.82) is 0 Å². The van der Waals surface area contributed by atoms with Crippen LogP contribution in [-0.4, -0.2) is 51.6 Å². The van der Waals surface area contributed by atoms with E-state index >= 15 is 0 Å². The summed E-state index contributed by atoms with van der Waals surface area (Å²) in [6, 6.07) is 16.7. The van der Waals surface area contributed by atoms with Crippen molar-refractivity contribution in [3.05, 3.63) is 72.3 Å². The standard InChI is InChI=1S/C26H31N5O2/c1-19-7-9-22(10-8-19)23-6-4-5-21(14-23)15-26(25(33)27-3)11-12-30(16-26)24(32)13-20(2)31-18-28-17-29-31/h4-10,14,17-18,20H,11-13,15-16H2,1-3H3,(H,27,33)/t20-,26+/m0/s1. The zero-order chi connectivity index (χ0) is 23.4. The number of amides is 2. The first kappa shape index (κ1) is 22.7. The Morgan fingerprint density at radius 1 is 1.15 bits per heavy atom. The van der Waals surface area contributed by atoms with E-state index in [-0.39, 0.29) is 17.9 Å². The van der Waals surface area contributed by atoms with E-state index in [4.69, 9.17) is 0 Å². The number of hydrogen-bond acceptors (Lipinski definition) is 4. The Morgan fingerprint density at radius 2 is 1.94 bits per heavy atom. The number of hydrogen-bond donors (Lipinski definition) is 1. The van der Waals surface area contributed by atoms with Crippen LogP contribution >= 0.6 is 0 Å². The summed E-state index contributed by atoms with van der Waals surface area (Å²) in [5.41, 5.74) is 3.98. The van der Waals surface area contributed by atoms with Gasteiger partial charge in [-0.1, -0.05) is 54.1 Å². The van der Waals surface area contributed by atoms with Crippen LogP contribution in [0.2, 0.25) is 0 Å². The number of carbonyl (C=O) groups is 2. The van der Waals surface area contributed by atoms with Crippen LogP contribution in [0, 0.1) is 12.3 Å². The minimum absolute atomic E-state index is 0.0112. The SMILES string of the molecule is CNC(=O)[C@@]1(Cc2cccc(-c3ccc(C)cc3)c2)CCN(C(=O)C[C@H](C)n2cncn2)C1. The maximum absolute atomic E-state index is 13.0. The monoisotopic (exact) mass is 445 g/mol. The highest BCUT2D eigenvalue weighted by atomic mass is 16.2. The van der Waals surface area contributed by atoms with Crippen molar-refractivity contribution >= 4 is 11.8 Å². The molecule has 3 aromatic rings. The molecule has 1 aliphatic heterocycles. The first-order valence-corrected chi connectivity index (χ1v) is 11.4. The van der Waals surface area contributed by atoms with Gasteiger partial charge >= 0.3 is 0 Å². The van der Waals surface area contributed by atoms with Crippen LogP contribution in [0.1, 0.15) is 36.9 Å². The highest BCUT2D eigenvalue weighted by Gasteiger charge is 2.45. The lowest BCUT2D eigenvalue weighted by molar-refractivity contribution is -0.133. The Balaban J connectivity index is 1.50. The lowest BCUT2D eigenvalue weighted by Crippen LogP contribution is -2.44. The maximum atomic E-state index is 13.0. The predicted molar refractivity (Wildman–Crippen MR) is 127 cm³/mol. The minimum Gasteiger partial charge on any atom is -0.359 e. The fraction of sp³-hybridized carbons (Fsp3) is 0.385. The van der Waals surface area contributed by atoms with Crippen molar-refractivity contribution in [2.24, 2.45) is 5.41 Å². The quantitative estimate of drug-likeness (QED) is 0.604. The molecule has 1 fully saturated rings. The molecule has 0 radical (unpaired) electrons. The zero-order valence-electron chi connectivity index (χ0n) is 19.5. The molecule has 2 aromatic carbocycles. The van der Waals surface area contributed by atoms with Crippen molar-refractivity contribution < 1.29 is 9.59 Å². The third-order valence-electron chi connectivity index (χ3n) is 6.63. The molecular weight excluding hydrogens is 414 g/mol. The van der Waals surface area contributed by atoms with Gasteiger partial charge in [-0.25, -0.2) is 9.67 Å². The Morgan fingerprint density at radius 3 is 2.64 bits per heavy atom. The Kier molecular flexibility index (Phi) is 6.58. The van der Waals surface area contributed by atoms with Gasteiger partial charge in [0.25, 0.3) is 0 Å². The van der Waals surface area contributed by atoms with Gasteiger partial charge in [-0.3, -0.25) is 9.59 Å². The fourth-order valence-electron chi connectivity index (χ4n) is 4.68. The van der Waals surface area contributed by atoms with Crippen LogP contribution in [0.25, 0.3) is 11.1 Å². The summed E-state index contributed by atoms with van der Waals surface area (Å²) in [5, 5.41) is 6.97. The predicted octanol–water partition coefficient (Wildman–Crippen LogP) is 3.41. The van der Waals surface area contributed by atoms with Gasteiger partial charge in [0.05, 0.1) is 11.5 Å². The van der Waals surface area contributed by atoms with Gasteiger partial charge < -0.3 is 10.2 Å². The molecule has 1 N–H and O–H groups in total. The largest absolute Gasteiger partial charge is 0.359 e. The van der Waals surface area contributed by atoms with Gasteiger partial charge in [0, 0.05) is 26.6 Å². The zero-order valence-corrected chi connectivity index (χ0v) is 19.5. The molecular formula is C26H31N5O2. The highest BCUT2D eigenvalue weighted by molar-refractivity contribution is 5.85. The van der Waals surface area contributed by atoms with Crippen LogP contribution in [0.3, 0.4) is 0 Å². The molecule has 0 aliphatic carbocycles. The van der Waals surface area contributed by atoms with E-state index in [9.17, 15) is 9.59 Å². The van der Waals surface area contributed by atoms with Crippen LogP contribution in [0.4, 0.5) is 0 Å². The van der Waals surface area contributed by atoms with Gasteiger partial charge in [0.1, 0.15) is 12.7 Å². The summed E-state index contributed by atoms with van der Waals surface area (Å²) in [7, 11) is 1.67. The molecule has 33 heavy (non-hydrogen) atoms. The smallest absolute Gasteiger partial charge is 0.228 e. The number of aryl methyl sites for hydroxylation is 1. The lowest BCUT2D eigenvalue weighted by atomic mass is 9.79. The normalized spacial score (nSPS) is 18.8. The average Bonchev–Trinajstić information content (AvgIpc) is 3.50. The molecule has 4 rings (SSSR count). The summed E-state index contributed by atoms with van der Waals surface area (Å²) in [6.07, 6.45) is 4.66. The fourth-order valence-corrected chi connectivity index (χ4v) is 4.68. The summed E-state index contributed by atoms with van der Waals surface area (Å²) in [6.45, 7) is 5.02. The van der Waals surface area contributed by atoms with Gasteiger partial charge in [-0.15, -0.1) is 0 Å². The molecule has 7 heteroatoms. The molecule has 2 atom stereocenters. The van der Waals surface area contributed by atoms with Crippen molar-refractivity contribution in [3.63, 3.8) is 0 Å². The minimum atomic E-state index is -0.632. The van der Waals surface area contributed by atoms with Crippen molar-refractivity contribution in [1.82, 2.24) is 25.0 Å². The third kappa shape index (κ3) is 4.97. The van der Waals surface area contributed by atoms with Crippen LogP contribution in [-0.2, 0) is 16.0 Å². The molecule has 0 unspecified atom stereocenters. The van der Waals surface area contributed by atoms with E-state index in [1.54, 1.807) is 18.1 Å². The highest BCUT2D eigenvalue weighted by Crippen LogP contribution is 2.36. The van der Waals surface area contributed by atoms with Gasteiger partial charge in [0.2, 0.25) is 11.8 Å². The summed E-state index contributed by atoms with van der Waals surface area (Å²) in [4.78, 5) is 31.8. The van der Waals surface area contributed by atoms with Gasteiger partial charge in [-0.05, 0) is 43.4 Å². The Hall–Kier alpha value is -3.48. The van der Waals surface area contributed by atoms with E-state index in [1.807, 2.05) is 17.9 Å². The van der Waals surface area contributed by atoms with Gasteiger partial charge in [-0.2, -0.15) is 5.10 Å². The number of carbonyl (C=O) groups excluding carboxylic acids is 2. The van der Waals surface area contributed by atoms with E-state index in [0.717, 1.165) is 16.7 Å². The molecule has 2 amide bonds. The molecule has 1 aliphatic rings. The second-order valence-electron chi connectivity index (χ2n) is 9.10. The summed E-state index contributed by atoms with van der Waals surface area (Å²) >= 11 is 0. The lowest BCUT2D eigenvalue weighted by Gasteiger charge is -2.28. The van der Waals surface area contributed by atoms with Crippen LogP contribution < -0.4 is 5.32 Å². The van der Waals surface area contributed by atoms with E-state index in [1.165, 1.54) is 11.9 Å². The van der Waals surface area contributed by atoms with Gasteiger partial charge in [0.15, 0.2) is 0 Å². The maximum Gasteiger partial charge on any atom is 0.228 e. The number of rotatable bonds is 7. The third-order valence-corrected chi connectivity index (χ3v) is 6.63. The molecule has 2 heterocycles. The number of aromatic nitrogens is 3. The molecule has 7 nitrogen and oxygen atoms in total. The molecule has 1 aromatic heterocycles.